The molecule has 3 heteroatoms. The van der Waals surface area contributed by atoms with E-state index in [9.17, 15) is 0 Å². The van der Waals surface area contributed by atoms with Gasteiger partial charge in [0.15, 0.2) is 0 Å². The molecule has 1 aromatic rings. The van der Waals surface area contributed by atoms with Crippen LogP contribution in [0, 0.1) is 0 Å². The third kappa shape index (κ3) is 5.19. The summed E-state index contributed by atoms with van der Waals surface area (Å²) in [4.78, 5) is 0. The Morgan fingerprint density at radius 3 is 2.61 bits per heavy atom. The summed E-state index contributed by atoms with van der Waals surface area (Å²) in [5, 5.41) is 0.105. The topological polar surface area (TPSA) is 9.23 Å². The second kappa shape index (κ2) is 8.82. The first kappa shape index (κ1) is 15.8. The molecule has 0 aliphatic carbocycles. The minimum absolute atomic E-state index is 0.105. The number of rotatable bonds is 8. The first-order valence-electron chi connectivity index (χ1n) is 6.75. The first-order valence-corrected chi connectivity index (χ1v) is 7.98. The lowest BCUT2D eigenvalue weighted by atomic mass is 10.0. The Morgan fingerprint density at radius 1 is 1.22 bits per heavy atom. The van der Waals surface area contributed by atoms with E-state index in [4.69, 9.17) is 16.3 Å². The smallest absolute Gasteiger partial charge is 0.133 e. The van der Waals surface area contributed by atoms with Crippen molar-refractivity contribution >= 4 is 27.5 Å². The van der Waals surface area contributed by atoms with Crippen LogP contribution < -0.4 is 4.74 Å². The van der Waals surface area contributed by atoms with Gasteiger partial charge in [0.25, 0.3) is 0 Å². The molecule has 0 radical (unpaired) electrons. The van der Waals surface area contributed by atoms with Crippen LogP contribution in [0.15, 0.2) is 22.7 Å². The zero-order valence-electron chi connectivity index (χ0n) is 11.2. The predicted molar refractivity (Wildman–Crippen MR) is 82.7 cm³/mol. The maximum absolute atomic E-state index is 6.42. The highest BCUT2D eigenvalue weighted by molar-refractivity contribution is 9.10. The number of hydrogen-bond acceptors (Lipinski definition) is 1. The van der Waals surface area contributed by atoms with E-state index in [1.165, 1.54) is 31.2 Å². The number of unbranched alkanes of at least 4 members (excludes halogenated alkanes) is 3. The Bertz CT molecular complexity index is 354. The van der Waals surface area contributed by atoms with Gasteiger partial charge in [-0.1, -0.05) is 38.7 Å². The van der Waals surface area contributed by atoms with Crippen LogP contribution in [0.4, 0.5) is 0 Å². The summed E-state index contributed by atoms with van der Waals surface area (Å²) >= 11 is 9.95. The Balaban J connectivity index is 2.52. The lowest BCUT2D eigenvalue weighted by Crippen LogP contribution is -1.95. The van der Waals surface area contributed by atoms with Gasteiger partial charge in [-0.3, -0.25) is 0 Å². The van der Waals surface area contributed by atoms with Crippen molar-refractivity contribution in [3.05, 3.63) is 28.2 Å². The average Bonchev–Trinajstić information content (AvgIpc) is 2.37. The molecule has 0 amide bonds. The molecule has 0 aromatic heterocycles. The fourth-order valence-electron chi connectivity index (χ4n) is 1.90. The fourth-order valence-corrected chi connectivity index (χ4v) is 2.70. The van der Waals surface area contributed by atoms with Gasteiger partial charge in [0.1, 0.15) is 5.75 Å². The molecule has 0 saturated heterocycles. The van der Waals surface area contributed by atoms with Crippen LogP contribution in [-0.2, 0) is 0 Å². The summed E-state index contributed by atoms with van der Waals surface area (Å²) in [7, 11) is 0. The van der Waals surface area contributed by atoms with Crippen molar-refractivity contribution in [2.75, 3.05) is 6.61 Å². The predicted octanol–water partition coefficient (Wildman–Crippen LogP) is 6.10. The monoisotopic (exact) mass is 332 g/mol. The van der Waals surface area contributed by atoms with Crippen molar-refractivity contribution in [1.29, 1.82) is 0 Å². The van der Waals surface area contributed by atoms with E-state index in [1.807, 2.05) is 13.0 Å². The van der Waals surface area contributed by atoms with Gasteiger partial charge in [-0.25, -0.2) is 0 Å². The van der Waals surface area contributed by atoms with Crippen LogP contribution in [0.25, 0.3) is 0 Å². The molecule has 1 atom stereocenters. The highest BCUT2D eigenvalue weighted by atomic mass is 79.9. The van der Waals surface area contributed by atoms with Crippen molar-refractivity contribution in [3.8, 4) is 5.75 Å². The SMILES string of the molecule is CCCCCCC(Cl)c1ccc(OCC)c(Br)c1. The quantitative estimate of drug-likeness (QED) is 0.412. The number of ether oxygens (including phenoxy) is 1. The van der Waals surface area contributed by atoms with Gasteiger partial charge in [-0.05, 0) is 47.0 Å². The number of hydrogen-bond donors (Lipinski definition) is 0. The van der Waals surface area contributed by atoms with E-state index in [0.717, 1.165) is 16.6 Å². The van der Waals surface area contributed by atoms with Crippen LogP contribution in [0.3, 0.4) is 0 Å². The standard InChI is InChI=1S/C15H22BrClO/c1-3-5-6-7-8-14(17)12-9-10-15(18-4-2)13(16)11-12/h9-11,14H,3-8H2,1-2H3. The normalized spacial score (nSPS) is 12.4. The molecule has 1 nitrogen and oxygen atoms in total. The first-order chi connectivity index (χ1) is 8.69. The van der Waals surface area contributed by atoms with Crippen LogP contribution >= 0.6 is 27.5 Å². The molecule has 0 spiro atoms. The summed E-state index contributed by atoms with van der Waals surface area (Å²) < 4.78 is 6.48. The summed E-state index contributed by atoms with van der Waals surface area (Å²) in [5.41, 5.74) is 1.17. The lowest BCUT2D eigenvalue weighted by Gasteiger charge is -2.12. The van der Waals surface area contributed by atoms with Crippen LogP contribution in [-0.4, -0.2) is 6.61 Å². The van der Waals surface area contributed by atoms with Gasteiger partial charge in [0.2, 0.25) is 0 Å². The molecule has 0 heterocycles. The second-order valence-corrected chi connectivity index (χ2v) is 5.82. The van der Waals surface area contributed by atoms with E-state index < -0.39 is 0 Å². The summed E-state index contributed by atoms with van der Waals surface area (Å²) in [6, 6.07) is 6.13. The van der Waals surface area contributed by atoms with Crippen LogP contribution in [0.1, 0.15) is 56.9 Å². The summed E-state index contributed by atoms with van der Waals surface area (Å²) in [6.45, 7) is 4.89. The largest absolute Gasteiger partial charge is 0.493 e. The molecule has 1 aromatic carbocycles. The van der Waals surface area contributed by atoms with Crippen molar-refractivity contribution in [1.82, 2.24) is 0 Å². The third-order valence-corrected chi connectivity index (χ3v) is 4.02. The maximum atomic E-state index is 6.42. The number of benzene rings is 1. The van der Waals surface area contributed by atoms with Gasteiger partial charge in [0, 0.05) is 0 Å². The molecule has 0 saturated carbocycles. The average molecular weight is 334 g/mol. The van der Waals surface area contributed by atoms with Gasteiger partial charge in [0.05, 0.1) is 16.5 Å². The molecular weight excluding hydrogens is 312 g/mol. The molecule has 0 aliphatic heterocycles. The molecule has 0 N–H and O–H groups in total. The highest BCUT2D eigenvalue weighted by Crippen LogP contribution is 2.33. The van der Waals surface area contributed by atoms with Gasteiger partial charge < -0.3 is 4.74 Å². The van der Waals surface area contributed by atoms with Crippen molar-refractivity contribution < 1.29 is 4.74 Å². The number of alkyl halides is 1. The molecule has 18 heavy (non-hydrogen) atoms. The van der Waals surface area contributed by atoms with E-state index >= 15 is 0 Å². The summed E-state index contributed by atoms with van der Waals surface area (Å²) in [5.74, 6) is 0.885. The van der Waals surface area contributed by atoms with Crippen molar-refractivity contribution in [2.45, 2.75) is 51.3 Å². The Kier molecular flexibility index (Phi) is 7.76. The third-order valence-electron chi connectivity index (χ3n) is 2.93. The molecule has 1 unspecified atom stereocenters. The van der Waals surface area contributed by atoms with E-state index in [1.54, 1.807) is 0 Å². The summed E-state index contributed by atoms with van der Waals surface area (Å²) in [6.07, 6.45) is 6.09. The lowest BCUT2D eigenvalue weighted by molar-refractivity contribution is 0.338. The molecule has 0 bridgehead atoms. The second-order valence-electron chi connectivity index (χ2n) is 4.44. The molecule has 0 aliphatic rings. The zero-order chi connectivity index (χ0) is 13.4. The van der Waals surface area contributed by atoms with Gasteiger partial charge >= 0.3 is 0 Å². The van der Waals surface area contributed by atoms with E-state index in [0.29, 0.717) is 6.61 Å². The molecule has 102 valence electrons. The fraction of sp³-hybridized carbons (Fsp3) is 0.600. The highest BCUT2D eigenvalue weighted by Gasteiger charge is 2.10. The minimum Gasteiger partial charge on any atom is -0.493 e. The maximum Gasteiger partial charge on any atom is 0.133 e. The van der Waals surface area contributed by atoms with Gasteiger partial charge in [-0.2, -0.15) is 0 Å². The molecular formula is C15H22BrClO. The minimum atomic E-state index is 0.105. The number of halogens is 2. The Labute approximate surface area is 124 Å². The molecule has 1 rings (SSSR count). The zero-order valence-corrected chi connectivity index (χ0v) is 13.6. The van der Waals surface area contributed by atoms with Crippen LogP contribution in [0.2, 0.25) is 0 Å². The Morgan fingerprint density at radius 2 is 2.00 bits per heavy atom. The molecule has 0 fully saturated rings. The van der Waals surface area contributed by atoms with Gasteiger partial charge in [-0.15, -0.1) is 11.6 Å². The van der Waals surface area contributed by atoms with E-state index in [-0.39, 0.29) is 5.38 Å². The Hall–Kier alpha value is -0.210. The van der Waals surface area contributed by atoms with Crippen molar-refractivity contribution in [3.63, 3.8) is 0 Å². The van der Waals surface area contributed by atoms with Crippen molar-refractivity contribution in [2.24, 2.45) is 0 Å². The van der Waals surface area contributed by atoms with E-state index in [2.05, 4.69) is 35.0 Å². The van der Waals surface area contributed by atoms with Crippen LogP contribution in [0.5, 0.6) is 5.75 Å².